The number of fused-ring (bicyclic) bond motifs is 4. The molecular formula is C28H27N3O6. The fourth-order valence-electron chi connectivity index (χ4n) is 5.11. The number of phenolic OH excluding ortho intramolecular Hbond substituents is 2. The van der Waals surface area contributed by atoms with Crippen LogP contribution in [0.1, 0.15) is 54.5 Å². The Morgan fingerprint density at radius 1 is 1.16 bits per heavy atom. The number of carbonyl (C=O) groups excluding carboxylic acids is 3. The minimum atomic E-state index is -1.53. The van der Waals surface area contributed by atoms with Gasteiger partial charge in [-0.05, 0) is 46.2 Å². The molecule has 2 aromatic carbocycles. The van der Waals surface area contributed by atoms with Crippen molar-refractivity contribution in [3.63, 3.8) is 0 Å². The summed E-state index contributed by atoms with van der Waals surface area (Å²) in [6.07, 6.45) is 2.60. The van der Waals surface area contributed by atoms with E-state index in [9.17, 15) is 24.6 Å². The van der Waals surface area contributed by atoms with Gasteiger partial charge in [0.25, 0.3) is 0 Å². The summed E-state index contributed by atoms with van der Waals surface area (Å²) in [5, 5.41) is 24.5. The number of hydrogen-bond donors (Lipinski definition) is 4. The maximum absolute atomic E-state index is 13.8. The lowest BCUT2D eigenvalue weighted by Crippen LogP contribution is -2.41. The summed E-state index contributed by atoms with van der Waals surface area (Å²) in [7, 11) is 0. The largest absolute Gasteiger partial charge is 0.507 e. The van der Waals surface area contributed by atoms with Gasteiger partial charge >= 0.3 is 0 Å². The zero-order chi connectivity index (χ0) is 26.6. The molecule has 9 nitrogen and oxygen atoms in total. The third-order valence-corrected chi connectivity index (χ3v) is 7.18. The number of imidazole rings is 1. The Morgan fingerprint density at radius 2 is 1.89 bits per heavy atom. The number of aromatic nitrogens is 2. The monoisotopic (exact) mass is 501 g/mol. The SMILES string of the molecule is CC(=O)c1c(O)c(C)c(O)c2c1OC1=CC(=O)C(=C(C)NCCCc3nc4ccccc4[nH]3)C(=O)[C@@]12C. The molecule has 190 valence electrons. The van der Waals surface area contributed by atoms with Crippen LogP contribution in [0.5, 0.6) is 17.2 Å². The van der Waals surface area contributed by atoms with E-state index in [1.165, 1.54) is 19.9 Å². The van der Waals surface area contributed by atoms with Crippen molar-refractivity contribution in [2.24, 2.45) is 0 Å². The van der Waals surface area contributed by atoms with Gasteiger partial charge in [0.15, 0.2) is 17.3 Å². The van der Waals surface area contributed by atoms with Crippen molar-refractivity contribution in [1.29, 1.82) is 0 Å². The first-order chi connectivity index (χ1) is 17.6. The topological polar surface area (TPSA) is 142 Å². The molecule has 1 atom stereocenters. The number of phenols is 2. The number of benzene rings is 2. The fourth-order valence-corrected chi connectivity index (χ4v) is 5.11. The first kappa shape index (κ1) is 24.3. The van der Waals surface area contributed by atoms with Crippen molar-refractivity contribution >= 4 is 28.4 Å². The number of rotatable bonds is 6. The van der Waals surface area contributed by atoms with E-state index in [4.69, 9.17) is 4.74 Å². The molecule has 1 aromatic heterocycles. The van der Waals surface area contributed by atoms with Crippen molar-refractivity contribution < 1.29 is 29.3 Å². The van der Waals surface area contributed by atoms with Gasteiger partial charge in [-0.1, -0.05) is 12.1 Å². The molecule has 9 heteroatoms. The lowest BCUT2D eigenvalue weighted by atomic mass is 9.70. The quantitative estimate of drug-likeness (QED) is 0.174. The summed E-state index contributed by atoms with van der Waals surface area (Å²) >= 11 is 0. The van der Waals surface area contributed by atoms with Gasteiger partial charge in [-0.2, -0.15) is 0 Å². The van der Waals surface area contributed by atoms with Crippen LogP contribution in [-0.2, 0) is 21.4 Å². The Balaban J connectivity index is 1.42. The minimum absolute atomic E-state index is 0.0155. The molecule has 3 aromatic rings. The molecule has 0 spiro atoms. The molecule has 1 aliphatic heterocycles. The third-order valence-electron chi connectivity index (χ3n) is 7.18. The van der Waals surface area contributed by atoms with Crippen LogP contribution in [0.25, 0.3) is 11.0 Å². The van der Waals surface area contributed by atoms with Crippen LogP contribution < -0.4 is 10.1 Å². The van der Waals surface area contributed by atoms with Gasteiger partial charge in [0.1, 0.15) is 39.8 Å². The first-order valence-electron chi connectivity index (χ1n) is 12.0. The van der Waals surface area contributed by atoms with Gasteiger partial charge in [-0.15, -0.1) is 0 Å². The van der Waals surface area contributed by atoms with E-state index in [1.807, 2.05) is 24.3 Å². The van der Waals surface area contributed by atoms with Gasteiger partial charge in [0.05, 0.1) is 22.2 Å². The number of aromatic hydroxyl groups is 2. The number of ether oxygens (including phenoxy) is 1. The van der Waals surface area contributed by atoms with Crippen LogP contribution in [0.3, 0.4) is 0 Å². The molecule has 1 aliphatic carbocycles. The molecule has 5 rings (SSSR count). The first-order valence-corrected chi connectivity index (χ1v) is 12.0. The highest BCUT2D eigenvalue weighted by atomic mass is 16.5. The molecule has 0 saturated heterocycles. The summed E-state index contributed by atoms with van der Waals surface area (Å²) in [5.41, 5.74) is 0.717. The van der Waals surface area contributed by atoms with Gasteiger partial charge in [-0.25, -0.2) is 4.98 Å². The van der Waals surface area contributed by atoms with E-state index in [-0.39, 0.29) is 39.5 Å². The molecule has 0 bridgehead atoms. The standard InChI is InChI=1S/C28H27N3O6/c1-13-24(34)22(15(3)32)26-23(25(13)35)28(4)19(37-26)12-18(33)21(27(28)36)14(2)29-11-7-10-20-30-16-8-5-6-9-17(16)31-20/h5-6,8-9,12,29,34-35H,7,10-11H2,1-4H3,(H,30,31)/t28-/m0/s1. The number of nitrogens with zero attached hydrogens (tertiary/aromatic N) is 1. The maximum atomic E-state index is 13.8. The Bertz CT molecular complexity index is 1550. The predicted octanol–water partition coefficient (Wildman–Crippen LogP) is 3.67. The molecule has 0 radical (unpaired) electrons. The normalized spacial score (nSPS) is 19.8. The second-order valence-electron chi connectivity index (χ2n) is 9.62. The highest BCUT2D eigenvalue weighted by Gasteiger charge is 2.56. The van der Waals surface area contributed by atoms with Crippen molar-refractivity contribution in [1.82, 2.24) is 15.3 Å². The number of nitrogens with one attached hydrogen (secondary N) is 2. The maximum Gasteiger partial charge on any atom is 0.194 e. The van der Waals surface area contributed by atoms with Crippen molar-refractivity contribution in [2.75, 3.05) is 6.54 Å². The number of aromatic amines is 1. The number of hydrogen-bond acceptors (Lipinski definition) is 8. The summed E-state index contributed by atoms with van der Waals surface area (Å²) in [4.78, 5) is 47.0. The van der Waals surface area contributed by atoms with Crippen molar-refractivity contribution in [2.45, 2.75) is 46.0 Å². The second-order valence-corrected chi connectivity index (χ2v) is 9.62. The molecule has 0 amide bonds. The number of ketones is 3. The lowest BCUT2D eigenvalue weighted by molar-refractivity contribution is -0.123. The molecule has 2 heterocycles. The van der Waals surface area contributed by atoms with Crippen LogP contribution >= 0.6 is 0 Å². The van der Waals surface area contributed by atoms with E-state index in [2.05, 4.69) is 15.3 Å². The van der Waals surface area contributed by atoms with E-state index >= 15 is 0 Å². The van der Waals surface area contributed by atoms with Gasteiger partial charge in [-0.3, -0.25) is 14.4 Å². The van der Waals surface area contributed by atoms with Gasteiger partial charge in [0, 0.05) is 30.3 Å². The van der Waals surface area contributed by atoms with Crippen molar-refractivity contribution in [3.8, 4) is 17.2 Å². The average molecular weight is 502 g/mol. The van der Waals surface area contributed by atoms with E-state index in [0.717, 1.165) is 16.9 Å². The average Bonchev–Trinajstić information content (AvgIpc) is 3.39. The number of carbonyl (C=O) groups is 3. The second kappa shape index (κ2) is 8.62. The van der Waals surface area contributed by atoms with Crippen LogP contribution in [0.4, 0.5) is 0 Å². The molecule has 0 saturated carbocycles. The number of allylic oxidation sites excluding steroid dienone is 4. The minimum Gasteiger partial charge on any atom is -0.507 e. The summed E-state index contributed by atoms with van der Waals surface area (Å²) in [5.74, 6) is -1.55. The van der Waals surface area contributed by atoms with Gasteiger partial charge < -0.3 is 25.3 Å². The summed E-state index contributed by atoms with van der Waals surface area (Å²) in [6, 6.07) is 7.78. The Labute approximate surface area is 212 Å². The highest BCUT2D eigenvalue weighted by molar-refractivity contribution is 6.31. The smallest absolute Gasteiger partial charge is 0.194 e. The lowest BCUT2D eigenvalue weighted by Gasteiger charge is -2.29. The number of Topliss-reactive ketones (excluding diaryl/α,β-unsaturated/α-hetero) is 2. The Hall–Kier alpha value is -4.40. The van der Waals surface area contributed by atoms with Crippen LogP contribution in [0.2, 0.25) is 0 Å². The van der Waals surface area contributed by atoms with Crippen LogP contribution in [-0.4, -0.2) is 44.1 Å². The molecule has 4 N–H and O–H groups in total. The van der Waals surface area contributed by atoms with Crippen LogP contribution in [0.15, 0.2) is 47.4 Å². The fraction of sp³-hybridized carbons (Fsp3) is 0.286. The zero-order valence-electron chi connectivity index (χ0n) is 21.0. The third kappa shape index (κ3) is 3.61. The van der Waals surface area contributed by atoms with Gasteiger partial charge in [0.2, 0.25) is 0 Å². The van der Waals surface area contributed by atoms with E-state index < -0.39 is 28.5 Å². The molecule has 0 fully saturated rings. The molecule has 2 aliphatic rings. The molecule has 37 heavy (non-hydrogen) atoms. The Morgan fingerprint density at radius 3 is 2.59 bits per heavy atom. The van der Waals surface area contributed by atoms with Crippen molar-refractivity contribution in [3.05, 3.63) is 69.9 Å². The van der Waals surface area contributed by atoms with E-state index in [1.54, 1.807) is 13.8 Å². The highest BCUT2D eigenvalue weighted by Crippen LogP contribution is 2.57. The molecular weight excluding hydrogens is 474 g/mol. The molecule has 0 unspecified atom stereocenters. The number of H-pyrrole nitrogens is 1. The van der Waals surface area contributed by atoms with E-state index in [0.29, 0.717) is 25.1 Å². The summed E-state index contributed by atoms with van der Waals surface area (Å²) in [6.45, 7) is 6.42. The number of para-hydroxylation sites is 2. The number of aryl methyl sites for hydroxylation is 1. The summed E-state index contributed by atoms with van der Waals surface area (Å²) < 4.78 is 5.79. The predicted molar refractivity (Wildman–Crippen MR) is 136 cm³/mol. The van der Waals surface area contributed by atoms with Crippen LogP contribution in [0, 0.1) is 6.92 Å². The zero-order valence-corrected chi connectivity index (χ0v) is 21.0. The Kier molecular flexibility index (Phi) is 5.66.